The summed E-state index contributed by atoms with van der Waals surface area (Å²) in [5.74, 6) is 1.14. The number of pyridine rings is 1. The fourth-order valence-electron chi connectivity index (χ4n) is 9.16. The molecule has 16 heteroatoms. The molecule has 306 valence electrons. The van der Waals surface area contributed by atoms with Crippen molar-refractivity contribution in [3.63, 3.8) is 0 Å². The summed E-state index contributed by atoms with van der Waals surface area (Å²) in [5, 5.41) is 1.04. The molecular weight excluding hydrogens is 757 g/mol. The zero-order valence-corrected chi connectivity index (χ0v) is 32.6. The van der Waals surface area contributed by atoms with Crippen molar-refractivity contribution in [2.24, 2.45) is 0 Å². The van der Waals surface area contributed by atoms with Crippen molar-refractivity contribution >= 4 is 39.6 Å². The first kappa shape index (κ1) is 39.4. The number of ether oxygens (including phenoxy) is 5. The predicted molar refractivity (Wildman–Crippen MR) is 207 cm³/mol. The van der Waals surface area contributed by atoms with Gasteiger partial charge in [0.2, 0.25) is 6.29 Å². The van der Waals surface area contributed by atoms with Crippen LogP contribution in [0.25, 0.3) is 32.9 Å². The topological polar surface area (TPSA) is 129 Å². The molecule has 0 N–H and O–H groups in total. The van der Waals surface area contributed by atoms with Gasteiger partial charge in [-0.25, -0.2) is 18.0 Å². The van der Waals surface area contributed by atoms with Gasteiger partial charge in [-0.1, -0.05) is 18.9 Å². The van der Waals surface area contributed by atoms with Crippen LogP contribution in [0.2, 0.25) is 0 Å². The first-order valence-electron chi connectivity index (χ1n) is 19.7. The fraction of sp³-hybridized carbons (Fsp3) is 0.500. The monoisotopic (exact) mass is 802 g/mol. The largest absolute Gasteiger partial charge is 0.468 e. The van der Waals surface area contributed by atoms with Crippen molar-refractivity contribution in [1.82, 2.24) is 24.8 Å². The molecule has 4 saturated heterocycles. The number of hydrogen-bond acceptors (Lipinski definition) is 12. The molecular formula is C42H45F3N6O7. The molecule has 2 bridgehead atoms. The van der Waals surface area contributed by atoms with Crippen LogP contribution in [0.5, 0.6) is 11.8 Å². The lowest BCUT2D eigenvalue weighted by Crippen LogP contribution is -2.56. The second kappa shape index (κ2) is 16.1. The van der Waals surface area contributed by atoms with E-state index in [0.29, 0.717) is 62.3 Å². The van der Waals surface area contributed by atoms with Gasteiger partial charge in [0.25, 0.3) is 0 Å². The molecule has 0 spiro atoms. The Labute approximate surface area is 333 Å². The lowest BCUT2D eigenvalue weighted by Gasteiger charge is -2.41. The van der Waals surface area contributed by atoms with Gasteiger partial charge in [0, 0.05) is 63.7 Å². The molecule has 2 aromatic heterocycles. The molecule has 0 aliphatic carbocycles. The smallest absolute Gasteiger partial charge is 0.413 e. The number of halogens is 3. The molecule has 6 heterocycles. The highest BCUT2D eigenvalue weighted by Crippen LogP contribution is 2.43. The van der Waals surface area contributed by atoms with E-state index in [1.54, 1.807) is 11.0 Å². The average Bonchev–Trinajstić information content (AvgIpc) is 3.82. The van der Waals surface area contributed by atoms with E-state index in [2.05, 4.69) is 20.8 Å². The number of esters is 1. The van der Waals surface area contributed by atoms with Crippen LogP contribution in [0.15, 0.2) is 30.5 Å². The molecule has 1 amide bonds. The minimum absolute atomic E-state index is 0.0667. The van der Waals surface area contributed by atoms with Crippen LogP contribution >= 0.6 is 0 Å². The Morgan fingerprint density at radius 2 is 1.88 bits per heavy atom. The van der Waals surface area contributed by atoms with Crippen molar-refractivity contribution in [3.05, 3.63) is 47.7 Å². The second-order valence-electron chi connectivity index (χ2n) is 15.5. The third kappa shape index (κ3) is 7.30. The summed E-state index contributed by atoms with van der Waals surface area (Å²) in [6, 6.07) is 5.27. The van der Waals surface area contributed by atoms with Crippen molar-refractivity contribution in [2.45, 2.75) is 88.9 Å². The second-order valence-corrected chi connectivity index (χ2v) is 15.5. The first-order chi connectivity index (χ1) is 28.0. The average molecular weight is 803 g/mol. The van der Waals surface area contributed by atoms with Gasteiger partial charge in [-0.05, 0) is 62.2 Å². The summed E-state index contributed by atoms with van der Waals surface area (Å²) >= 11 is 0. The molecule has 5 atom stereocenters. The lowest BCUT2D eigenvalue weighted by atomic mass is 9.95. The number of piperazine rings is 1. The van der Waals surface area contributed by atoms with Crippen LogP contribution in [0.3, 0.4) is 0 Å². The maximum Gasteiger partial charge on any atom is 0.413 e. The predicted octanol–water partition coefficient (Wildman–Crippen LogP) is 6.52. The van der Waals surface area contributed by atoms with Gasteiger partial charge in [-0.2, -0.15) is 9.97 Å². The summed E-state index contributed by atoms with van der Waals surface area (Å²) in [5.41, 5.74) is -0.672. The van der Waals surface area contributed by atoms with Crippen LogP contribution in [0.4, 0.5) is 23.8 Å². The number of rotatable bonds is 12. The van der Waals surface area contributed by atoms with Gasteiger partial charge < -0.3 is 28.6 Å². The number of fused-ring (bicyclic) bond motifs is 5. The fourth-order valence-corrected chi connectivity index (χ4v) is 9.16. The zero-order chi connectivity index (χ0) is 40.7. The number of alkyl halides is 1. The van der Waals surface area contributed by atoms with E-state index in [0.717, 1.165) is 19.4 Å². The maximum atomic E-state index is 17.3. The number of aromatic nitrogens is 3. The van der Waals surface area contributed by atoms with Crippen molar-refractivity contribution in [1.29, 1.82) is 0 Å². The molecule has 13 nitrogen and oxygen atoms in total. The highest BCUT2D eigenvalue weighted by atomic mass is 19.1. The summed E-state index contributed by atoms with van der Waals surface area (Å²) in [6.07, 6.45) is 8.77. The molecule has 3 unspecified atom stereocenters. The standard InChI is InChI=1S/C42H45F3N6O7/c1-5-8-34(52)57-24(3)58-41(53)51-27-10-11-28(51)21-49(20-27)39-32-18-46-37(31-16-29(56-23-54-4)15-25-9-12-33(44)30(6-2)35(25)31)36(45)38(32)47-40(48-39)55-22-42-13-7-14-50(42)19-26(43)17-42/h2,9,12,15-16,18,24,26-28H,5,7-8,10-11,13-14,17,19-23H2,1,3-4H3/t24?,26-,27?,28?,42+/m1/s1. The number of methoxy groups -OCH3 is 1. The number of amides is 1. The summed E-state index contributed by atoms with van der Waals surface area (Å²) in [4.78, 5) is 45.2. The minimum atomic E-state index is -1.06. The Kier molecular flexibility index (Phi) is 10.9. The van der Waals surface area contributed by atoms with E-state index >= 15 is 8.78 Å². The summed E-state index contributed by atoms with van der Waals surface area (Å²) in [7, 11) is 1.47. The Morgan fingerprint density at radius 1 is 1.09 bits per heavy atom. The maximum absolute atomic E-state index is 17.3. The van der Waals surface area contributed by atoms with Crippen molar-refractivity contribution < 1.29 is 46.4 Å². The quantitative estimate of drug-likeness (QED) is 0.0879. The lowest BCUT2D eigenvalue weighted by molar-refractivity contribution is -0.166. The number of carbonyl (C=O) groups excluding carboxylic acids is 2. The SMILES string of the molecule is C#Cc1c(F)ccc2cc(OCOC)cc(-c3ncc4c(N5CC6CCC(C5)N6C(=O)OC(C)OC(=O)CCC)nc(OC[C@@]56CCCN5C[C@H](F)C6)nc4c3F)c12. The zero-order valence-electron chi connectivity index (χ0n) is 32.6. The molecule has 4 aromatic rings. The number of terminal acetylenes is 1. The highest BCUT2D eigenvalue weighted by Gasteiger charge is 2.50. The third-order valence-corrected chi connectivity index (χ3v) is 11.7. The highest BCUT2D eigenvalue weighted by molar-refractivity contribution is 6.03. The Morgan fingerprint density at radius 3 is 2.62 bits per heavy atom. The molecule has 4 aliphatic heterocycles. The number of hydrogen-bond donors (Lipinski definition) is 0. The van der Waals surface area contributed by atoms with E-state index in [-0.39, 0.29) is 71.0 Å². The Bertz CT molecular complexity index is 2280. The normalized spacial score (nSPS) is 23.2. The van der Waals surface area contributed by atoms with Gasteiger partial charge in [-0.15, -0.1) is 6.42 Å². The number of nitrogens with zero attached hydrogens (tertiary/aromatic N) is 6. The third-order valence-electron chi connectivity index (χ3n) is 11.7. The molecule has 58 heavy (non-hydrogen) atoms. The molecule has 2 aromatic carbocycles. The van der Waals surface area contributed by atoms with E-state index in [1.165, 1.54) is 38.4 Å². The molecule has 4 fully saturated rings. The first-order valence-corrected chi connectivity index (χ1v) is 19.7. The van der Waals surface area contributed by atoms with E-state index < -0.39 is 41.7 Å². The molecule has 0 saturated carbocycles. The Balaban J connectivity index is 1.18. The summed E-state index contributed by atoms with van der Waals surface area (Å²) in [6.45, 7) is 5.10. The van der Waals surface area contributed by atoms with E-state index in [4.69, 9.17) is 35.1 Å². The van der Waals surface area contributed by atoms with Crippen LogP contribution in [-0.4, -0.2) is 114 Å². The van der Waals surface area contributed by atoms with Crippen molar-refractivity contribution in [3.8, 4) is 35.4 Å². The van der Waals surface area contributed by atoms with Crippen molar-refractivity contribution in [2.75, 3.05) is 51.6 Å². The van der Waals surface area contributed by atoms with Gasteiger partial charge >= 0.3 is 18.1 Å². The van der Waals surface area contributed by atoms with Gasteiger partial charge in [0.15, 0.2) is 12.6 Å². The molecule has 8 rings (SSSR count). The van der Waals surface area contributed by atoms with Gasteiger partial charge in [-0.3, -0.25) is 19.6 Å². The Hall–Kier alpha value is -5.40. The van der Waals surface area contributed by atoms with E-state index in [9.17, 15) is 14.0 Å². The van der Waals surface area contributed by atoms with Crippen LogP contribution in [0.1, 0.15) is 64.4 Å². The van der Waals surface area contributed by atoms with Crippen LogP contribution < -0.4 is 14.4 Å². The van der Waals surface area contributed by atoms with Crippen LogP contribution in [0, 0.1) is 24.0 Å². The van der Waals surface area contributed by atoms with Gasteiger partial charge in [0.05, 0.1) is 28.6 Å². The summed E-state index contributed by atoms with van der Waals surface area (Å²) < 4.78 is 75.1. The molecule has 0 radical (unpaired) electrons. The number of benzene rings is 2. The van der Waals surface area contributed by atoms with E-state index in [1.807, 2.05) is 11.8 Å². The van der Waals surface area contributed by atoms with Crippen LogP contribution in [-0.2, 0) is 19.0 Å². The molecule has 4 aliphatic rings. The van der Waals surface area contributed by atoms with Gasteiger partial charge in [0.1, 0.15) is 41.4 Å². The number of anilines is 1. The number of carbonyl (C=O) groups is 2. The minimum Gasteiger partial charge on any atom is -0.468 e.